The summed E-state index contributed by atoms with van der Waals surface area (Å²) < 4.78 is 4.86. The van der Waals surface area contributed by atoms with Crippen molar-refractivity contribution in [1.82, 2.24) is 29.1 Å². The summed E-state index contributed by atoms with van der Waals surface area (Å²) in [5.41, 5.74) is 3.41. The van der Waals surface area contributed by atoms with Gasteiger partial charge in [0.1, 0.15) is 11.4 Å². The normalized spacial score (nSPS) is 11.3. The summed E-state index contributed by atoms with van der Waals surface area (Å²) in [5, 5.41) is 8.55. The van der Waals surface area contributed by atoms with Crippen LogP contribution in [0.3, 0.4) is 0 Å². The molecule has 0 unspecified atom stereocenters. The summed E-state index contributed by atoms with van der Waals surface area (Å²) in [7, 11) is 3.53. The van der Waals surface area contributed by atoms with Crippen molar-refractivity contribution in [3.8, 4) is 5.69 Å². The topological polar surface area (TPSA) is 90.5 Å². The van der Waals surface area contributed by atoms with Gasteiger partial charge in [-0.05, 0) is 17.7 Å². The van der Waals surface area contributed by atoms with Crippen molar-refractivity contribution in [2.45, 2.75) is 6.42 Å². The number of H-pyrrole nitrogens is 1. The maximum absolute atomic E-state index is 12.2. The van der Waals surface area contributed by atoms with Crippen LogP contribution >= 0.6 is 0 Å². The minimum Gasteiger partial charge on any atom is -0.306 e. The van der Waals surface area contributed by atoms with Gasteiger partial charge in [0.15, 0.2) is 0 Å². The van der Waals surface area contributed by atoms with Gasteiger partial charge in [-0.25, -0.2) is 9.48 Å². The minimum absolute atomic E-state index is 0.122. The Bertz CT molecular complexity index is 1190. The van der Waals surface area contributed by atoms with Gasteiger partial charge in [0.25, 0.3) is 0 Å². The van der Waals surface area contributed by atoms with Crippen LogP contribution in [0.2, 0.25) is 0 Å². The molecule has 0 aliphatic carbocycles. The van der Waals surface area contributed by atoms with E-state index in [1.54, 1.807) is 33.4 Å². The maximum atomic E-state index is 12.2. The molecule has 0 bridgehead atoms. The van der Waals surface area contributed by atoms with Gasteiger partial charge in [-0.2, -0.15) is 10.2 Å². The number of nitrogens with zero attached hydrogens (tertiary/aromatic N) is 5. The van der Waals surface area contributed by atoms with Gasteiger partial charge in [0.05, 0.1) is 23.4 Å². The number of aromatic amines is 1. The number of nitrogens with one attached hydrogen (secondary N) is 1. The summed E-state index contributed by atoms with van der Waals surface area (Å²) in [6.07, 6.45) is 5.52. The number of aryl methyl sites for hydroxylation is 2. The molecule has 0 radical (unpaired) electrons. The summed E-state index contributed by atoms with van der Waals surface area (Å²) in [6.45, 7) is 0. The standard InChI is InChI=1S/C17H16N6O2/c1-21-10-12(9-18-21)23-6-5-16(24)14(20-23)7-11-3-4-13-15(8-11)22(2)17(25)19-13/h3-6,8-10H,7H2,1-2H3,(H,19,25). The van der Waals surface area contributed by atoms with E-state index in [0.717, 1.165) is 22.3 Å². The van der Waals surface area contributed by atoms with Crippen molar-refractivity contribution in [3.63, 3.8) is 0 Å². The van der Waals surface area contributed by atoms with E-state index in [1.807, 2.05) is 31.4 Å². The Morgan fingerprint density at radius 3 is 2.76 bits per heavy atom. The second-order valence-corrected chi connectivity index (χ2v) is 5.96. The van der Waals surface area contributed by atoms with Crippen LogP contribution < -0.4 is 11.1 Å². The van der Waals surface area contributed by atoms with Gasteiger partial charge in [-0.15, -0.1) is 0 Å². The van der Waals surface area contributed by atoms with E-state index >= 15 is 0 Å². The molecule has 0 fully saturated rings. The average molecular weight is 336 g/mol. The molecule has 3 heterocycles. The van der Waals surface area contributed by atoms with Crippen LogP contribution in [0, 0.1) is 0 Å². The molecule has 4 rings (SSSR count). The first-order valence-electron chi connectivity index (χ1n) is 7.77. The molecule has 1 N–H and O–H groups in total. The third-order valence-electron chi connectivity index (χ3n) is 4.18. The predicted molar refractivity (Wildman–Crippen MR) is 92.9 cm³/mol. The molecule has 0 aliphatic heterocycles. The number of aromatic nitrogens is 6. The Labute approximate surface area is 142 Å². The average Bonchev–Trinajstić information content (AvgIpc) is 3.14. The predicted octanol–water partition coefficient (Wildman–Crippen LogP) is 0.737. The fraction of sp³-hybridized carbons (Fsp3) is 0.176. The zero-order valence-electron chi connectivity index (χ0n) is 13.8. The highest BCUT2D eigenvalue weighted by molar-refractivity contribution is 5.76. The molecule has 4 aromatic rings. The van der Waals surface area contributed by atoms with Gasteiger partial charge in [-0.1, -0.05) is 6.07 Å². The largest absolute Gasteiger partial charge is 0.326 e. The van der Waals surface area contributed by atoms with E-state index in [2.05, 4.69) is 15.2 Å². The highest BCUT2D eigenvalue weighted by Crippen LogP contribution is 2.14. The van der Waals surface area contributed by atoms with Crippen LogP contribution in [0.1, 0.15) is 11.3 Å². The van der Waals surface area contributed by atoms with Crippen LogP contribution in [0.15, 0.2) is 52.4 Å². The molecule has 0 spiro atoms. The number of imidazole rings is 1. The lowest BCUT2D eigenvalue weighted by Gasteiger charge is -2.06. The van der Waals surface area contributed by atoms with Crippen LogP contribution in [0.4, 0.5) is 0 Å². The Hall–Kier alpha value is -3.42. The van der Waals surface area contributed by atoms with Gasteiger partial charge >= 0.3 is 5.69 Å². The van der Waals surface area contributed by atoms with E-state index in [1.165, 1.54) is 6.07 Å². The van der Waals surface area contributed by atoms with E-state index < -0.39 is 0 Å². The van der Waals surface area contributed by atoms with Gasteiger partial charge < -0.3 is 4.98 Å². The van der Waals surface area contributed by atoms with Crippen molar-refractivity contribution in [2.75, 3.05) is 0 Å². The van der Waals surface area contributed by atoms with E-state index in [9.17, 15) is 9.59 Å². The SMILES string of the molecule is Cn1cc(-n2ccc(=O)c(Cc3ccc4[nH]c(=O)n(C)c4c3)n2)cn1. The van der Waals surface area contributed by atoms with Crippen LogP contribution in [0.25, 0.3) is 16.7 Å². The smallest absolute Gasteiger partial charge is 0.306 e. The summed E-state index contributed by atoms with van der Waals surface area (Å²) in [6, 6.07) is 7.13. The van der Waals surface area contributed by atoms with Crippen molar-refractivity contribution in [2.24, 2.45) is 14.1 Å². The first-order chi connectivity index (χ1) is 12.0. The lowest BCUT2D eigenvalue weighted by molar-refractivity contribution is 0.762. The Kier molecular flexibility index (Phi) is 3.38. The lowest BCUT2D eigenvalue weighted by Crippen LogP contribution is -2.16. The Balaban J connectivity index is 1.74. The zero-order chi connectivity index (χ0) is 17.6. The van der Waals surface area contributed by atoms with E-state index in [-0.39, 0.29) is 11.1 Å². The highest BCUT2D eigenvalue weighted by Gasteiger charge is 2.09. The van der Waals surface area contributed by atoms with Crippen LogP contribution in [-0.4, -0.2) is 29.1 Å². The van der Waals surface area contributed by atoms with E-state index in [4.69, 9.17) is 0 Å². The first-order valence-corrected chi connectivity index (χ1v) is 7.77. The number of rotatable bonds is 3. The maximum Gasteiger partial charge on any atom is 0.326 e. The Morgan fingerprint density at radius 1 is 1.16 bits per heavy atom. The number of hydrogen-bond donors (Lipinski definition) is 1. The lowest BCUT2D eigenvalue weighted by atomic mass is 10.1. The number of benzene rings is 1. The molecule has 0 aliphatic rings. The third-order valence-corrected chi connectivity index (χ3v) is 4.18. The molecular formula is C17H16N6O2. The van der Waals surface area contributed by atoms with Gasteiger partial charge in [-0.3, -0.25) is 14.0 Å². The first kappa shape index (κ1) is 15.1. The molecule has 0 amide bonds. The second-order valence-electron chi connectivity index (χ2n) is 5.96. The molecule has 25 heavy (non-hydrogen) atoms. The highest BCUT2D eigenvalue weighted by atomic mass is 16.1. The molecule has 8 nitrogen and oxygen atoms in total. The van der Waals surface area contributed by atoms with E-state index in [0.29, 0.717) is 12.1 Å². The summed E-state index contributed by atoms with van der Waals surface area (Å²) >= 11 is 0. The quantitative estimate of drug-likeness (QED) is 0.597. The fourth-order valence-electron chi connectivity index (χ4n) is 2.81. The van der Waals surface area contributed by atoms with Crippen LogP contribution in [0.5, 0.6) is 0 Å². The van der Waals surface area contributed by atoms with Gasteiger partial charge in [0.2, 0.25) is 5.43 Å². The second kappa shape index (κ2) is 5.59. The molecule has 0 saturated heterocycles. The third kappa shape index (κ3) is 2.67. The molecule has 1 aromatic carbocycles. The summed E-state index contributed by atoms with van der Waals surface area (Å²) in [4.78, 5) is 26.7. The minimum atomic E-state index is -0.163. The van der Waals surface area contributed by atoms with Crippen molar-refractivity contribution in [1.29, 1.82) is 0 Å². The Morgan fingerprint density at radius 2 is 2.00 bits per heavy atom. The molecule has 8 heteroatoms. The molecular weight excluding hydrogens is 320 g/mol. The fourth-order valence-corrected chi connectivity index (χ4v) is 2.81. The molecule has 0 atom stereocenters. The molecule has 3 aromatic heterocycles. The summed E-state index contributed by atoms with van der Waals surface area (Å²) in [5.74, 6) is 0. The number of fused-ring (bicyclic) bond motifs is 1. The van der Waals surface area contributed by atoms with Crippen molar-refractivity contribution < 1.29 is 0 Å². The molecule has 126 valence electrons. The zero-order valence-corrected chi connectivity index (χ0v) is 13.8. The molecule has 0 saturated carbocycles. The van der Waals surface area contributed by atoms with Crippen molar-refractivity contribution >= 4 is 11.0 Å². The van der Waals surface area contributed by atoms with Gasteiger partial charge in [0, 0.05) is 32.8 Å². The van der Waals surface area contributed by atoms with Crippen molar-refractivity contribution in [3.05, 3.63) is 74.8 Å². The van der Waals surface area contributed by atoms with Crippen LogP contribution in [-0.2, 0) is 20.5 Å². The monoisotopic (exact) mass is 336 g/mol. The number of hydrogen-bond acceptors (Lipinski definition) is 4.